The quantitative estimate of drug-likeness (QED) is 0.812. The minimum atomic E-state index is 0.476. The lowest BCUT2D eigenvalue weighted by Crippen LogP contribution is -2.25. The second-order valence-corrected chi connectivity index (χ2v) is 4.55. The normalized spacial score (nSPS) is 10.9. The van der Waals surface area contributed by atoms with Crippen LogP contribution in [0.5, 0.6) is 0 Å². The Bertz CT molecular complexity index is 305. The zero-order valence-corrected chi connectivity index (χ0v) is 10.4. The molecule has 0 radical (unpaired) electrons. The maximum absolute atomic E-state index is 3.41. The summed E-state index contributed by atoms with van der Waals surface area (Å²) >= 11 is 0. The molecule has 2 heteroatoms. The van der Waals surface area contributed by atoms with E-state index < -0.39 is 0 Å². The summed E-state index contributed by atoms with van der Waals surface area (Å²) in [5.41, 5.74) is 2.45. The van der Waals surface area contributed by atoms with Crippen LogP contribution in [-0.2, 0) is 0 Å². The summed E-state index contributed by atoms with van der Waals surface area (Å²) in [6, 6.07) is 9.55. The summed E-state index contributed by atoms with van der Waals surface area (Å²) in [6.45, 7) is 8.70. The zero-order chi connectivity index (χ0) is 11.4. The highest BCUT2D eigenvalue weighted by atomic mass is 15.1. The predicted molar refractivity (Wildman–Crippen MR) is 68.7 cm³/mol. The summed E-state index contributed by atoms with van der Waals surface area (Å²) in [5.74, 6) is 0. The van der Waals surface area contributed by atoms with Crippen molar-refractivity contribution in [2.45, 2.75) is 39.8 Å². The van der Waals surface area contributed by atoms with Crippen LogP contribution in [0.2, 0.25) is 0 Å². The van der Waals surface area contributed by atoms with Gasteiger partial charge in [0.15, 0.2) is 0 Å². The van der Waals surface area contributed by atoms with E-state index in [2.05, 4.69) is 69.2 Å². The fraction of sp³-hybridized carbons (Fsp3) is 0.538. The van der Waals surface area contributed by atoms with Gasteiger partial charge in [0.2, 0.25) is 0 Å². The number of anilines is 2. The topological polar surface area (TPSA) is 15.3 Å². The maximum Gasteiger partial charge on any atom is 0.0386 e. The Morgan fingerprint density at radius 3 is 2.33 bits per heavy atom. The van der Waals surface area contributed by atoms with Crippen LogP contribution in [0.3, 0.4) is 0 Å². The first-order valence-electron chi connectivity index (χ1n) is 5.60. The largest absolute Gasteiger partial charge is 0.383 e. The molecule has 0 bridgehead atoms. The molecule has 2 nitrogen and oxygen atoms in total. The number of rotatable bonds is 4. The van der Waals surface area contributed by atoms with Crippen molar-refractivity contribution < 1.29 is 0 Å². The standard InChI is InChI=1S/C13H22N2/c1-10(2)14-12-7-6-8-13(9-12)15(5)11(3)4/h6-11,14H,1-5H3. The molecule has 1 aromatic carbocycles. The Hall–Kier alpha value is -1.18. The molecule has 1 aromatic rings. The monoisotopic (exact) mass is 206 g/mol. The van der Waals surface area contributed by atoms with Gasteiger partial charge in [-0.05, 0) is 45.9 Å². The molecule has 0 aliphatic heterocycles. The fourth-order valence-corrected chi connectivity index (χ4v) is 1.45. The lowest BCUT2D eigenvalue weighted by atomic mass is 10.2. The van der Waals surface area contributed by atoms with Crippen LogP contribution in [0, 0.1) is 0 Å². The molecule has 0 aliphatic rings. The van der Waals surface area contributed by atoms with Crippen molar-refractivity contribution >= 4 is 11.4 Å². The van der Waals surface area contributed by atoms with E-state index in [1.54, 1.807) is 0 Å². The predicted octanol–water partition coefficient (Wildman–Crippen LogP) is 3.35. The molecule has 0 aliphatic carbocycles. The molecule has 1 rings (SSSR count). The van der Waals surface area contributed by atoms with Crippen LogP contribution in [0.1, 0.15) is 27.7 Å². The molecular formula is C13H22N2. The Kier molecular flexibility index (Phi) is 4.01. The molecule has 0 fully saturated rings. The molecule has 0 heterocycles. The smallest absolute Gasteiger partial charge is 0.0386 e. The van der Waals surface area contributed by atoms with Gasteiger partial charge in [0.05, 0.1) is 0 Å². The van der Waals surface area contributed by atoms with E-state index in [4.69, 9.17) is 0 Å². The Morgan fingerprint density at radius 1 is 1.13 bits per heavy atom. The first-order chi connectivity index (χ1) is 7.00. The molecule has 0 saturated heterocycles. The molecule has 0 amide bonds. The first kappa shape index (κ1) is 11.9. The van der Waals surface area contributed by atoms with Gasteiger partial charge >= 0.3 is 0 Å². The third-order valence-electron chi connectivity index (χ3n) is 2.48. The molecular weight excluding hydrogens is 184 g/mol. The highest BCUT2D eigenvalue weighted by Crippen LogP contribution is 2.20. The van der Waals surface area contributed by atoms with Crippen LogP contribution >= 0.6 is 0 Å². The number of hydrogen-bond donors (Lipinski definition) is 1. The van der Waals surface area contributed by atoms with Crippen LogP contribution < -0.4 is 10.2 Å². The average molecular weight is 206 g/mol. The van der Waals surface area contributed by atoms with Gasteiger partial charge in [0.25, 0.3) is 0 Å². The van der Waals surface area contributed by atoms with Crippen molar-refractivity contribution in [3.05, 3.63) is 24.3 Å². The molecule has 0 saturated carbocycles. The van der Waals surface area contributed by atoms with Gasteiger partial charge < -0.3 is 10.2 Å². The molecule has 0 spiro atoms. The number of nitrogens with one attached hydrogen (secondary N) is 1. The summed E-state index contributed by atoms with van der Waals surface area (Å²) < 4.78 is 0. The molecule has 1 N–H and O–H groups in total. The summed E-state index contributed by atoms with van der Waals surface area (Å²) in [7, 11) is 2.12. The van der Waals surface area contributed by atoms with Gasteiger partial charge in [0.1, 0.15) is 0 Å². The van der Waals surface area contributed by atoms with Gasteiger partial charge in [-0.15, -0.1) is 0 Å². The van der Waals surface area contributed by atoms with Crippen LogP contribution in [0.25, 0.3) is 0 Å². The molecule has 0 atom stereocenters. The van der Waals surface area contributed by atoms with E-state index in [9.17, 15) is 0 Å². The van der Waals surface area contributed by atoms with Crippen LogP contribution in [0.15, 0.2) is 24.3 Å². The lowest BCUT2D eigenvalue weighted by molar-refractivity contribution is 0.754. The second-order valence-electron chi connectivity index (χ2n) is 4.55. The Labute approximate surface area is 93.3 Å². The fourth-order valence-electron chi connectivity index (χ4n) is 1.45. The maximum atomic E-state index is 3.41. The molecule has 15 heavy (non-hydrogen) atoms. The highest BCUT2D eigenvalue weighted by molar-refractivity contribution is 5.58. The Morgan fingerprint density at radius 2 is 1.80 bits per heavy atom. The van der Waals surface area contributed by atoms with E-state index in [1.165, 1.54) is 11.4 Å². The van der Waals surface area contributed by atoms with E-state index in [0.717, 1.165) is 0 Å². The van der Waals surface area contributed by atoms with E-state index in [0.29, 0.717) is 12.1 Å². The number of hydrogen-bond acceptors (Lipinski definition) is 2. The molecule has 0 unspecified atom stereocenters. The number of benzene rings is 1. The van der Waals surface area contributed by atoms with Crippen molar-refractivity contribution in [3.8, 4) is 0 Å². The van der Waals surface area contributed by atoms with Gasteiger partial charge in [-0.1, -0.05) is 6.07 Å². The third-order valence-corrected chi connectivity index (χ3v) is 2.48. The van der Waals surface area contributed by atoms with Crippen molar-refractivity contribution in [2.75, 3.05) is 17.3 Å². The SMILES string of the molecule is CC(C)Nc1cccc(N(C)C(C)C)c1. The minimum Gasteiger partial charge on any atom is -0.383 e. The number of nitrogens with zero attached hydrogens (tertiary/aromatic N) is 1. The summed E-state index contributed by atoms with van der Waals surface area (Å²) in [4.78, 5) is 2.27. The lowest BCUT2D eigenvalue weighted by Gasteiger charge is -2.24. The van der Waals surface area contributed by atoms with E-state index >= 15 is 0 Å². The minimum absolute atomic E-state index is 0.476. The summed E-state index contributed by atoms with van der Waals surface area (Å²) in [5, 5.41) is 3.41. The molecule has 84 valence electrons. The van der Waals surface area contributed by atoms with Gasteiger partial charge in [-0.25, -0.2) is 0 Å². The van der Waals surface area contributed by atoms with E-state index in [1.807, 2.05) is 0 Å². The second kappa shape index (κ2) is 5.06. The van der Waals surface area contributed by atoms with Crippen LogP contribution in [0.4, 0.5) is 11.4 Å². The van der Waals surface area contributed by atoms with E-state index in [-0.39, 0.29) is 0 Å². The van der Waals surface area contributed by atoms with Crippen LogP contribution in [-0.4, -0.2) is 19.1 Å². The van der Waals surface area contributed by atoms with Crippen molar-refractivity contribution in [3.63, 3.8) is 0 Å². The van der Waals surface area contributed by atoms with Crippen molar-refractivity contribution in [1.29, 1.82) is 0 Å². The first-order valence-corrected chi connectivity index (χ1v) is 5.60. The van der Waals surface area contributed by atoms with Gasteiger partial charge in [-0.2, -0.15) is 0 Å². The van der Waals surface area contributed by atoms with Crippen molar-refractivity contribution in [1.82, 2.24) is 0 Å². The third kappa shape index (κ3) is 3.46. The molecule has 0 aromatic heterocycles. The highest BCUT2D eigenvalue weighted by Gasteiger charge is 2.05. The average Bonchev–Trinajstić information content (AvgIpc) is 2.16. The van der Waals surface area contributed by atoms with Crippen molar-refractivity contribution in [2.24, 2.45) is 0 Å². The zero-order valence-electron chi connectivity index (χ0n) is 10.4. The van der Waals surface area contributed by atoms with Gasteiger partial charge in [-0.3, -0.25) is 0 Å². The van der Waals surface area contributed by atoms with Gasteiger partial charge in [0, 0.05) is 30.5 Å². The Balaban J connectivity index is 2.82. The summed E-state index contributed by atoms with van der Waals surface area (Å²) in [6.07, 6.45) is 0.